The van der Waals surface area contributed by atoms with Crippen LogP contribution in [0.15, 0.2) is 90.2 Å². The number of hydrogen-bond acceptors (Lipinski definition) is 6. The first-order valence-electron chi connectivity index (χ1n) is 10.9. The lowest BCUT2D eigenvalue weighted by atomic mass is 9.95. The molecule has 1 atom stereocenters. The molecule has 0 saturated heterocycles. The number of amides is 1. The summed E-state index contributed by atoms with van der Waals surface area (Å²) in [5.41, 5.74) is 1.87. The summed E-state index contributed by atoms with van der Waals surface area (Å²) in [6, 6.07) is 20.4. The molecule has 3 aromatic rings. The van der Waals surface area contributed by atoms with Crippen LogP contribution in [-0.2, 0) is 9.59 Å². The fourth-order valence-electron chi connectivity index (χ4n) is 4.03. The Bertz CT molecular complexity index is 1290. The summed E-state index contributed by atoms with van der Waals surface area (Å²) >= 11 is 0. The highest BCUT2D eigenvalue weighted by Gasteiger charge is 2.44. The van der Waals surface area contributed by atoms with Crippen molar-refractivity contribution < 1.29 is 28.9 Å². The number of nitrogens with zero attached hydrogens (tertiary/aromatic N) is 1. The second-order valence-electron chi connectivity index (χ2n) is 7.76. The zero-order chi connectivity index (χ0) is 24.9. The fraction of sp³-hybridized carbons (Fsp3) is 0.143. The lowest BCUT2D eigenvalue weighted by Gasteiger charge is -2.27. The van der Waals surface area contributed by atoms with Gasteiger partial charge >= 0.3 is 0 Å². The highest BCUT2D eigenvalue weighted by molar-refractivity contribution is 6.19. The predicted octanol–water partition coefficient (Wildman–Crippen LogP) is 4.89. The number of methoxy groups -OCH3 is 3. The van der Waals surface area contributed by atoms with Crippen molar-refractivity contribution >= 4 is 23.5 Å². The van der Waals surface area contributed by atoms with Crippen molar-refractivity contribution in [2.24, 2.45) is 0 Å². The van der Waals surface area contributed by atoms with Crippen LogP contribution in [0.5, 0.6) is 17.2 Å². The molecule has 0 aromatic heterocycles. The van der Waals surface area contributed by atoms with Gasteiger partial charge in [-0.15, -0.1) is 0 Å². The molecule has 0 bridgehead atoms. The average molecular weight is 472 g/mol. The van der Waals surface area contributed by atoms with Crippen LogP contribution in [-0.4, -0.2) is 38.1 Å². The maximum Gasteiger partial charge on any atom is 0.294 e. The van der Waals surface area contributed by atoms with Crippen molar-refractivity contribution in [3.63, 3.8) is 0 Å². The monoisotopic (exact) mass is 471 g/mol. The van der Waals surface area contributed by atoms with E-state index in [9.17, 15) is 14.7 Å². The Morgan fingerprint density at radius 3 is 2.20 bits per heavy atom. The van der Waals surface area contributed by atoms with E-state index < -0.39 is 23.5 Å². The second kappa shape index (κ2) is 10.2. The highest BCUT2D eigenvalue weighted by atomic mass is 16.5. The SMILES string of the molecule is COc1ccc(N2C(=O)C(O)=C(C(=O)C=Cc3ccccc3)C2c2ccc(OC)c(OC)c2)cc1. The van der Waals surface area contributed by atoms with Gasteiger partial charge in [-0.05, 0) is 53.6 Å². The van der Waals surface area contributed by atoms with Crippen LogP contribution in [0.3, 0.4) is 0 Å². The third kappa shape index (κ3) is 4.61. The Balaban J connectivity index is 1.82. The first-order valence-corrected chi connectivity index (χ1v) is 10.9. The molecule has 1 aliphatic rings. The van der Waals surface area contributed by atoms with Crippen LogP contribution in [0.2, 0.25) is 0 Å². The number of allylic oxidation sites excluding steroid dienone is 1. The summed E-state index contributed by atoms with van der Waals surface area (Å²) in [5, 5.41) is 10.9. The maximum atomic E-state index is 13.4. The first kappa shape index (κ1) is 23.6. The van der Waals surface area contributed by atoms with E-state index in [0.29, 0.717) is 28.5 Å². The number of anilines is 1. The standard InChI is InChI=1S/C28H25NO6/c1-33-21-13-11-20(12-14-21)29-26(19-10-16-23(34-2)24(17-19)35-3)25(27(31)28(29)32)22(30)15-9-18-7-5-4-6-8-18/h4-17,26,31H,1-3H3. The number of benzene rings is 3. The summed E-state index contributed by atoms with van der Waals surface area (Å²) in [4.78, 5) is 28.0. The Labute approximate surface area is 203 Å². The predicted molar refractivity (Wildman–Crippen MR) is 133 cm³/mol. The van der Waals surface area contributed by atoms with E-state index >= 15 is 0 Å². The molecule has 1 amide bonds. The third-order valence-electron chi connectivity index (χ3n) is 5.77. The van der Waals surface area contributed by atoms with Crippen LogP contribution in [0.1, 0.15) is 17.2 Å². The topological polar surface area (TPSA) is 85.3 Å². The minimum absolute atomic E-state index is 0.0229. The first-order chi connectivity index (χ1) is 17.0. The number of aliphatic hydroxyl groups is 1. The van der Waals surface area contributed by atoms with Gasteiger partial charge in [0, 0.05) is 5.69 Å². The van der Waals surface area contributed by atoms with Crippen molar-refractivity contribution in [2.75, 3.05) is 26.2 Å². The molecule has 1 heterocycles. The van der Waals surface area contributed by atoms with E-state index in [4.69, 9.17) is 14.2 Å². The molecule has 178 valence electrons. The number of ether oxygens (including phenoxy) is 3. The van der Waals surface area contributed by atoms with Crippen molar-refractivity contribution in [1.82, 2.24) is 0 Å². The number of aliphatic hydroxyl groups excluding tert-OH is 1. The lowest BCUT2D eigenvalue weighted by Crippen LogP contribution is -2.30. The molecule has 0 radical (unpaired) electrons. The Kier molecular flexibility index (Phi) is 6.87. The molecule has 0 fully saturated rings. The van der Waals surface area contributed by atoms with Gasteiger partial charge in [-0.2, -0.15) is 0 Å². The molecule has 1 unspecified atom stereocenters. The molecule has 7 heteroatoms. The van der Waals surface area contributed by atoms with Gasteiger partial charge in [0.15, 0.2) is 23.0 Å². The summed E-state index contributed by atoms with van der Waals surface area (Å²) in [6.07, 6.45) is 3.01. The lowest BCUT2D eigenvalue weighted by molar-refractivity contribution is -0.117. The van der Waals surface area contributed by atoms with Crippen LogP contribution in [0, 0.1) is 0 Å². The molecular formula is C28H25NO6. The van der Waals surface area contributed by atoms with Gasteiger partial charge in [-0.1, -0.05) is 42.5 Å². The van der Waals surface area contributed by atoms with Gasteiger partial charge < -0.3 is 19.3 Å². The van der Waals surface area contributed by atoms with Crippen molar-refractivity contribution in [3.05, 3.63) is 101 Å². The number of hydrogen-bond donors (Lipinski definition) is 1. The van der Waals surface area contributed by atoms with Crippen LogP contribution < -0.4 is 19.1 Å². The van der Waals surface area contributed by atoms with Gasteiger partial charge in [0.05, 0.1) is 32.9 Å². The van der Waals surface area contributed by atoms with Crippen molar-refractivity contribution in [2.45, 2.75) is 6.04 Å². The van der Waals surface area contributed by atoms with E-state index in [-0.39, 0.29) is 5.57 Å². The zero-order valence-corrected chi connectivity index (χ0v) is 19.6. The number of carbonyl (C=O) groups is 2. The molecule has 0 saturated carbocycles. The van der Waals surface area contributed by atoms with Crippen LogP contribution in [0.25, 0.3) is 6.08 Å². The number of rotatable bonds is 8. The summed E-state index contributed by atoms with van der Waals surface area (Å²) < 4.78 is 16.0. The quantitative estimate of drug-likeness (QED) is 0.471. The minimum atomic E-state index is -0.886. The van der Waals surface area contributed by atoms with Crippen LogP contribution in [0.4, 0.5) is 5.69 Å². The van der Waals surface area contributed by atoms with E-state index in [1.807, 2.05) is 30.3 Å². The average Bonchev–Trinajstić information content (AvgIpc) is 3.17. The molecule has 1 N–H and O–H groups in total. The smallest absolute Gasteiger partial charge is 0.294 e. The molecular weight excluding hydrogens is 446 g/mol. The summed E-state index contributed by atoms with van der Waals surface area (Å²) in [6.45, 7) is 0. The molecule has 35 heavy (non-hydrogen) atoms. The molecule has 3 aromatic carbocycles. The number of ketones is 1. The second-order valence-corrected chi connectivity index (χ2v) is 7.76. The van der Waals surface area contributed by atoms with Gasteiger partial charge in [0.1, 0.15) is 5.75 Å². The fourth-order valence-corrected chi connectivity index (χ4v) is 4.03. The molecule has 1 aliphatic heterocycles. The van der Waals surface area contributed by atoms with E-state index in [0.717, 1.165) is 5.56 Å². The van der Waals surface area contributed by atoms with Crippen molar-refractivity contribution in [1.29, 1.82) is 0 Å². The molecule has 0 spiro atoms. The third-order valence-corrected chi connectivity index (χ3v) is 5.77. The molecule has 0 aliphatic carbocycles. The number of carbonyl (C=O) groups excluding carboxylic acids is 2. The molecule has 4 rings (SSSR count). The largest absolute Gasteiger partial charge is 0.503 e. The van der Waals surface area contributed by atoms with Gasteiger partial charge in [0.25, 0.3) is 5.91 Å². The van der Waals surface area contributed by atoms with Crippen molar-refractivity contribution in [3.8, 4) is 17.2 Å². The van der Waals surface area contributed by atoms with Gasteiger partial charge in [-0.3, -0.25) is 14.5 Å². The van der Waals surface area contributed by atoms with E-state index in [2.05, 4.69) is 0 Å². The summed E-state index contributed by atoms with van der Waals surface area (Å²) in [7, 11) is 4.58. The Hall–Kier alpha value is -4.52. The Morgan fingerprint density at radius 1 is 0.886 bits per heavy atom. The molecule has 7 nitrogen and oxygen atoms in total. The highest BCUT2D eigenvalue weighted by Crippen LogP contribution is 2.43. The van der Waals surface area contributed by atoms with E-state index in [1.165, 1.54) is 25.2 Å². The summed E-state index contributed by atoms with van der Waals surface area (Å²) in [5.74, 6) is -0.195. The van der Waals surface area contributed by atoms with Gasteiger partial charge in [-0.25, -0.2) is 0 Å². The Morgan fingerprint density at radius 2 is 1.57 bits per heavy atom. The van der Waals surface area contributed by atoms with E-state index in [1.54, 1.807) is 55.7 Å². The zero-order valence-electron chi connectivity index (χ0n) is 19.6. The maximum absolute atomic E-state index is 13.4. The minimum Gasteiger partial charge on any atom is -0.503 e. The normalized spacial score (nSPS) is 15.6. The van der Waals surface area contributed by atoms with Gasteiger partial charge in [0.2, 0.25) is 0 Å². The van der Waals surface area contributed by atoms with Crippen LogP contribution >= 0.6 is 0 Å².